The van der Waals surface area contributed by atoms with E-state index in [1.165, 1.54) is 34.2 Å². The van der Waals surface area contributed by atoms with Crippen molar-refractivity contribution in [2.24, 2.45) is 0 Å². The smallest absolute Gasteiger partial charge is 0.676 e. The Morgan fingerprint density at radius 2 is 0.835 bits per heavy atom. The van der Waals surface area contributed by atoms with E-state index in [4.69, 9.17) is 5.32 Å². The Morgan fingerprint density at radius 1 is 0.433 bits per heavy atom. The Hall–Kier alpha value is -11.4. The third-order valence-electron chi connectivity index (χ3n) is 15.7. The van der Waals surface area contributed by atoms with E-state index in [9.17, 15) is 14.9 Å². The average molecular weight is 1250 g/mol. The third-order valence-corrected chi connectivity index (χ3v) is 15.7. The molecule has 8 heterocycles. The molecule has 0 fully saturated rings. The Kier molecular flexibility index (Phi) is 25.0. The molecule has 0 saturated carbocycles. The van der Waals surface area contributed by atoms with Crippen LogP contribution in [-0.4, -0.2) is 58.2 Å². The van der Waals surface area contributed by atoms with Crippen LogP contribution in [-0.2, 0) is 12.8 Å². The molecule has 2 atom stereocenters. The van der Waals surface area contributed by atoms with Crippen LogP contribution in [0.15, 0.2) is 316 Å². The van der Waals surface area contributed by atoms with E-state index in [2.05, 4.69) is 182 Å². The molecule has 6 aromatic heterocycles. The Morgan fingerprint density at radius 3 is 1.34 bits per heavy atom. The molecule has 0 saturated heterocycles. The van der Waals surface area contributed by atoms with Crippen LogP contribution in [0, 0.1) is 17.0 Å². The first kappa shape index (κ1) is 69.9. The molecule has 464 valence electrons. The molecule has 13 nitrogen and oxygen atoms in total. The number of carbonyl (C=O) groups excluding carboxylic acids is 1. The zero-order valence-electron chi connectivity index (χ0n) is 53.8. The fourth-order valence-corrected chi connectivity index (χ4v) is 11.0. The molecular formula is C82H65Li2N9O4. The minimum Gasteiger partial charge on any atom is -0.676 e. The second kappa shape index (κ2) is 34.7. The fraction of sp³-hybridized carbons (Fsp3) is 0.0488. The number of rotatable bonds is 7. The van der Waals surface area contributed by atoms with Crippen LogP contribution in [0.2, 0.25) is 0 Å². The third kappa shape index (κ3) is 18.1. The van der Waals surface area contributed by atoms with Crippen molar-refractivity contribution in [1.82, 2.24) is 29.9 Å². The van der Waals surface area contributed by atoms with Gasteiger partial charge in [0.2, 0.25) is 5.78 Å². The minimum atomic E-state index is -0.417. The molecule has 3 N–H and O–H groups in total. The van der Waals surface area contributed by atoms with Gasteiger partial charge in [0.05, 0.1) is 43.7 Å². The molecule has 2 unspecified atom stereocenters. The maximum atomic E-state index is 12.5. The molecule has 17 rings (SSSR count). The number of benzene rings is 9. The van der Waals surface area contributed by atoms with Crippen molar-refractivity contribution in [3.8, 4) is 0 Å². The number of hydrogen-bond acceptors (Lipinski definition) is 10. The van der Waals surface area contributed by atoms with Crippen LogP contribution >= 0.6 is 0 Å². The van der Waals surface area contributed by atoms with Crippen LogP contribution in [0.25, 0.3) is 82.9 Å². The molecule has 0 spiro atoms. The van der Waals surface area contributed by atoms with Crippen LogP contribution < -0.4 is 43.0 Å². The summed E-state index contributed by atoms with van der Waals surface area (Å²) in [5.74, 6) is -0.0737. The first-order valence-corrected chi connectivity index (χ1v) is 30.8. The van der Waals surface area contributed by atoms with Gasteiger partial charge in [0.25, 0.3) is 5.69 Å². The predicted octanol–water partition coefficient (Wildman–Crippen LogP) is 12.6. The average Bonchev–Trinajstić information content (AvgIpc) is 0.822. The number of aromatic nitrogens is 6. The van der Waals surface area contributed by atoms with E-state index in [1.807, 2.05) is 122 Å². The molecule has 0 amide bonds. The number of ketones is 1. The number of nitrogens with zero attached hydrogens (tertiary/aromatic N) is 8. The quantitative estimate of drug-likeness (QED) is 0.0400. The van der Waals surface area contributed by atoms with Gasteiger partial charge in [-0.2, -0.15) is 24.6 Å². The summed E-state index contributed by atoms with van der Waals surface area (Å²) >= 11 is 0. The fourth-order valence-electron chi connectivity index (χ4n) is 11.0. The first-order chi connectivity index (χ1) is 46.3. The number of nitrogens with one attached hydrogen (secondary N) is 1. The number of nitro benzene ring substituents is 1. The molecule has 0 aliphatic carbocycles. The molecule has 9 aromatic carbocycles. The van der Waals surface area contributed by atoms with Crippen LogP contribution in [0.4, 0.5) is 17.1 Å². The Balaban J connectivity index is 0.000000140. The Bertz CT molecular complexity index is 4940. The summed E-state index contributed by atoms with van der Waals surface area (Å²) in [6.07, 6.45) is 19.8. The number of pyridine rings is 6. The topological polar surface area (TPSA) is 195 Å². The number of nitro groups is 1. The van der Waals surface area contributed by atoms with Gasteiger partial charge in [-0.25, -0.2) is 4.98 Å². The summed E-state index contributed by atoms with van der Waals surface area (Å²) < 4.78 is 0. The van der Waals surface area contributed by atoms with Gasteiger partial charge in [0, 0.05) is 81.7 Å². The number of fused-ring (bicyclic) bond motifs is 12. The first-order valence-electron chi connectivity index (χ1n) is 30.8. The molecule has 15 heteroatoms. The van der Waals surface area contributed by atoms with E-state index < -0.39 is 4.92 Å². The van der Waals surface area contributed by atoms with Gasteiger partial charge in [-0.15, -0.1) is 17.8 Å². The van der Waals surface area contributed by atoms with Gasteiger partial charge in [-0.05, 0) is 76.9 Å². The summed E-state index contributed by atoms with van der Waals surface area (Å²) in [6.45, 7) is 3.72. The summed E-state index contributed by atoms with van der Waals surface area (Å²) in [5.41, 5.74) is 15.1. The monoisotopic (exact) mass is 1250 g/mol. The SMILES string of the molecule is C1=CC(Cc2ccccc2)Nc2c1ccc1cccnc21.C1=CC(Cc2ccccc2)[N-]c2c1ccc1cccnc21.O.O=C(c1ccccc1)c1ccc2ccc3cccnc3c2n1.O=[N+]([O-])c1ccccc1.[CH2-]c1ccccc1.[Li+].[Li+].c1cnc2c(c1)ccc1cccnc12. The standard InChI is InChI=1S/C19H12N2O.C19H16N2.C19H15N2.C12H8N2.C7H7.C6H5NO2.2Li.H2O/c22-19(15-5-2-1-3-6-15)16-11-10-14-9-8-13-7-4-12-20-17(13)18(14)21-16;2*1-2-5-14(6-3-1)13-17-11-10-16-9-8-15-7-4-12-20-18(15)19(16)21-17;1-3-9-5-6-10-4-2-8-14-12(10)11(9)13-7-1;1-7-5-3-2-4-6-7;8-7(9)6-4-2-1-3-5-6;;;/h1-12H;1-12,17,21H,13H2;1-12,17H,13H2;1-8H;2-6H,1H2;1-5H;;;1H2/q;;-1;;-1;;2*+1;. The number of hydrogen-bond donors (Lipinski definition) is 1. The van der Waals surface area contributed by atoms with E-state index in [-0.39, 0.29) is 60.7 Å². The second-order valence-electron chi connectivity index (χ2n) is 22.1. The van der Waals surface area contributed by atoms with Crippen LogP contribution in [0.1, 0.15) is 43.9 Å². The van der Waals surface area contributed by atoms with Gasteiger partial charge in [-0.1, -0.05) is 231 Å². The van der Waals surface area contributed by atoms with Gasteiger partial charge < -0.3 is 16.1 Å². The van der Waals surface area contributed by atoms with Gasteiger partial charge in [0.15, 0.2) is 0 Å². The predicted molar refractivity (Wildman–Crippen MR) is 388 cm³/mol. The second-order valence-corrected chi connectivity index (χ2v) is 22.1. The number of anilines is 1. The van der Waals surface area contributed by atoms with Gasteiger partial charge >= 0.3 is 37.7 Å². The molecule has 97 heavy (non-hydrogen) atoms. The van der Waals surface area contributed by atoms with Crippen molar-refractivity contribution in [3.05, 3.63) is 378 Å². The van der Waals surface area contributed by atoms with E-state index in [1.54, 1.807) is 55.0 Å². The van der Waals surface area contributed by atoms with Crippen molar-refractivity contribution in [1.29, 1.82) is 0 Å². The van der Waals surface area contributed by atoms with Crippen molar-refractivity contribution >= 4 is 100 Å². The molecule has 15 aromatic rings. The van der Waals surface area contributed by atoms with Crippen molar-refractivity contribution in [3.63, 3.8) is 0 Å². The largest absolute Gasteiger partial charge is 1.00 e. The minimum absolute atomic E-state index is 0. The number of para-hydroxylation sites is 1. The van der Waals surface area contributed by atoms with E-state index in [0.29, 0.717) is 17.3 Å². The molecule has 0 bridgehead atoms. The maximum absolute atomic E-state index is 12.5. The van der Waals surface area contributed by atoms with Crippen LogP contribution in [0.3, 0.4) is 0 Å². The van der Waals surface area contributed by atoms with E-state index >= 15 is 0 Å². The maximum Gasteiger partial charge on any atom is 1.00 e. The van der Waals surface area contributed by atoms with Gasteiger partial charge in [-0.3, -0.25) is 39.8 Å². The number of non-ortho nitro benzene ring substituents is 1. The molecule has 2 aliphatic heterocycles. The summed E-state index contributed by atoms with van der Waals surface area (Å²) in [7, 11) is 0. The molecule has 2 aliphatic rings. The van der Waals surface area contributed by atoms with Crippen molar-refractivity contribution in [2.45, 2.75) is 24.9 Å². The van der Waals surface area contributed by atoms with Crippen molar-refractivity contribution in [2.75, 3.05) is 5.32 Å². The van der Waals surface area contributed by atoms with Crippen molar-refractivity contribution < 1.29 is 52.9 Å². The van der Waals surface area contributed by atoms with E-state index in [0.717, 1.165) is 95.4 Å². The number of carbonyl (C=O) groups is 1. The van der Waals surface area contributed by atoms with Gasteiger partial charge in [0.1, 0.15) is 5.69 Å². The molecular weight excluding hydrogens is 1190 g/mol. The molecule has 0 radical (unpaired) electrons. The Labute approximate surface area is 587 Å². The zero-order chi connectivity index (χ0) is 64.3. The zero-order valence-corrected chi connectivity index (χ0v) is 53.8. The summed E-state index contributed by atoms with van der Waals surface area (Å²) in [5, 5.41) is 25.2. The normalized spacial score (nSPS) is 12.6. The summed E-state index contributed by atoms with van der Waals surface area (Å²) in [4.78, 5) is 48.9. The van der Waals surface area contributed by atoms with Crippen LogP contribution in [0.5, 0.6) is 0 Å². The summed E-state index contributed by atoms with van der Waals surface area (Å²) in [6, 6.07) is 89.0.